The summed E-state index contributed by atoms with van der Waals surface area (Å²) >= 11 is 0. The number of amides is 2. The lowest BCUT2D eigenvalue weighted by atomic mass is 9.56. The molecule has 0 aliphatic heterocycles. The van der Waals surface area contributed by atoms with Crippen LogP contribution >= 0.6 is 0 Å². The number of hydrogen-bond acceptors (Lipinski definition) is 7. The van der Waals surface area contributed by atoms with Gasteiger partial charge in [-0.3, -0.25) is 24.1 Å². The summed E-state index contributed by atoms with van der Waals surface area (Å²) in [4.78, 5) is 64.9. The lowest BCUT2D eigenvalue weighted by Crippen LogP contribution is -2.76. The van der Waals surface area contributed by atoms with Crippen LogP contribution in [0.2, 0.25) is 0 Å². The molecular weight excluding hydrogens is 1060 g/mol. The second-order valence-electron chi connectivity index (χ2n) is 28.4. The monoisotopic (exact) mass is 1210 g/mol. The van der Waals surface area contributed by atoms with E-state index >= 15 is 19.2 Å². The maximum atomic E-state index is 16.2. The fourth-order valence-electron chi connectivity index (χ4n) is 13.5. The van der Waals surface area contributed by atoms with Crippen LogP contribution in [-0.2, 0) is 19.2 Å². The zero-order valence-electron chi connectivity index (χ0n) is 59.7. The van der Waals surface area contributed by atoms with E-state index in [2.05, 4.69) is 66.0 Å². The highest BCUT2D eigenvalue weighted by molar-refractivity contribution is 6.18. The molecular formula is C78H154N4O4. The molecule has 0 rings (SSSR count). The van der Waals surface area contributed by atoms with Gasteiger partial charge in [0.05, 0.1) is 0 Å². The Bertz CT molecular complexity index is 1430. The highest BCUT2D eigenvalue weighted by Crippen LogP contribution is 2.48. The summed E-state index contributed by atoms with van der Waals surface area (Å²) < 4.78 is 0. The molecule has 86 heavy (non-hydrogen) atoms. The van der Waals surface area contributed by atoms with Gasteiger partial charge >= 0.3 is 0 Å². The third-order valence-corrected chi connectivity index (χ3v) is 20.0. The molecule has 0 aromatic rings. The van der Waals surface area contributed by atoms with Gasteiger partial charge in [0.15, 0.2) is 17.1 Å². The molecule has 0 saturated heterocycles. The van der Waals surface area contributed by atoms with Crippen molar-refractivity contribution < 1.29 is 19.2 Å². The van der Waals surface area contributed by atoms with Gasteiger partial charge in [-0.1, -0.05) is 350 Å². The first-order valence-corrected chi connectivity index (χ1v) is 38.9. The van der Waals surface area contributed by atoms with Crippen molar-refractivity contribution in [1.82, 2.24) is 15.5 Å². The average Bonchev–Trinajstić information content (AvgIpc) is 0.830. The first-order valence-electron chi connectivity index (χ1n) is 38.9. The topological polar surface area (TPSA) is 122 Å². The zero-order chi connectivity index (χ0) is 63.3. The van der Waals surface area contributed by atoms with Crippen LogP contribution in [0.25, 0.3) is 0 Å². The molecule has 0 atom stereocenters. The van der Waals surface area contributed by atoms with E-state index in [9.17, 15) is 0 Å². The van der Waals surface area contributed by atoms with Crippen LogP contribution in [0.15, 0.2) is 0 Å². The molecule has 0 bridgehead atoms. The third kappa shape index (κ3) is 42.4. The molecule has 0 aromatic carbocycles. The number of nitrogens with zero attached hydrogens (tertiary/aromatic N) is 1. The standard InChI is InChI=1S/C78H154N4O4/c1-9-13-17-21-25-29-33-37-41-45-49-53-57-64-72(83)78(76(5,6)77(7,8)81-71-62-61-69-80-70-63-68-79,73(84)65-58-54-50-46-42-38-34-30-26-22-18-14-10-2)82(74(85)66-59-55-51-47-43-39-35-31-27-23-19-15-11-3)75(86)67-60-56-52-48-44-40-36-32-28-24-20-16-12-4/h80-81H,9-71,79H2,1-8H3. The van der Waals surface area contributed by atoms with Crippen LogP contribution in [-0.4, -0.2) is 65.5 Å². The molecule has 8 heteroatoms. The number of nitrogens with one attached hydrogen (secondary N) is 2. The fourth-order valence-corrected chi connectivity index (χ4v) is 13.5. The van der Waals surface area contributed by atoms with E-state index in [0.717, 1.165) is 109 Å². The lowest BCUT2D eigenvalue weighted by molar-refractivity contribution is -0.176. The first kappa shape index (κ1) is 84.4. The predicted molar refractivity (Wildman–Crippen MR) is 377 cm³/mol. The Morgan fingerprint density at radius 1 is 0.291 bits per heavy atom. The van der Waals surface area contributed by atoms with E-state index in [1.54, 1.807) is 0 Å². The van der Waals surface area contributed by atoms with E-state index < -0.39 is 16.5 Å². The molecule has 0 fully saturated rings. The summed E-state index contributed by atoms with van der Waals surface area (Å²) in [5, 5.41) is 7.40. The molecule has 4 N–H and O–H groups in total. The van der Waals surface area contributed by atoms with Gasteiger partial charge in [-0.05, 0) is 85.0 Å². The largest absolute Gasteiger partial charge is 0.330 e. The van der Waals surface area contributed by atoms with Gasteiger partial charge < -0.3 is 16.4 Å². The Hall–Kier alpha value is -1.64. The third-order valence-electron chi connectivity index (χ3n) is 20.0. The van der Waals surface area contributed by atoms with Crippen molar-refractivity contribution in [1.29, 1.82) is 0 Å². The second-order valence-corrected chi connectivity index (χ2v) is 28.4. The minimum atomic E-state index is -1.93. The predicted octanol–water partition coefficient (Wildman–Crippen LogP) is 23.3. The lowest BCUT2D eigenvalue weighted by Gasteiger charge is -2.57. The quantitative estimate of drug-likeness (QED) is 0.0410. The minimum absolute atomic E-state index is 0.184. The normalized spacial score (nSPS) is 12.2. The molecule has 0 aromatic heterocycles. The van der Waals surface area contributed by atoms with Gasteiger partial charge in [0.2, 0.25) is 11.8 Å². The Morgan fingerprint density at radius 2 is 0.512 bits per heavy atom. The van der Waals surface area contributed by atoms with Gasteiger partial charge in [0, 0.05) is 36.6 Å². The summed E-state index contributed by atoms with van der Waals surface area (Å²) in [5.41, 5.74) is 1.92. The number of imide groups is 1. The van der Waals surface area contributed by atoms with Crippen LogP contribution in [0.3, 0.4) is 0 Å². The summed E-state index contributed by atoms with van der Waals surface area (Å²) in [6.45, 7) is 20.7. The summed E-state index contributed by atoms with van der Waals surface area (Å²) in [6, 6.07) is 0. The molecule has 2 amide bonds. The van der Waals surface area contributed by atoms with E-state index in [0.29, 0.717) is 38.8 Å². The average molecular weight is 1210 g/mol. The fraction of sp³-hybridized carbons (Fsp3) is 0.949. The van der Waals surface area contributed by atoms with E-state index in [1.165, 1.54) is 236 Å². The van der Waals surface area contributed by atoms with E-state index in [-0.39, 0.29) is 49.1 Å². The highest BCUT2D eigenvalue weighted by Gasteiger charge is 2.66. The highest BCUT2D eigenvalue weighted by atomic mass is 16.2. The number of hydrogen-bond donors (Lipinski definition) is 3. The Kier molecular flexibility index (Phi) is 59.7. The Balaban J connectivity index is 6.95. The van der Waals surface area contributed by atoms with Crippen molar-refractivity contribution in [2.45, 2.75) is 445 Å². The van der Waals surface area contributed by atoms with E-state index in [4.69, 9.17) is 5.73 Å². The molecule has 0 spiro atoms. The van der Waals surface area contributed by atoms with Crippen molar-refractivity contribution >= 4 is 23.4 Å². The zero-order valence-corrected chi connectivity index (χ0v) is 59.7. The maximum Gasteiger partial charge on any atom is 0.230 e. The number of carbonyl (C=O) groups is 4. The smallest absolute Gasteiger partial charge is 0.230 e. The van der Waals surface area contributed by atoms with Crippen LogP contribution in [0.5, 0.6) is 0 Å². The summed E-state index contributed by atoms with van der Waals surface area (Å²) in [5.74, 6) is -1.03. The van der Waals surface area contributed by atoms with Crippen molar-refractivity contribution in [2.24, 2.45) is 11.1 Å². The van der Waals surface area contributed by atoms with Crippen molar-refractivity contribution in [3.05, 3.63) is 0 Å². The Morgan fingerprint density at radius 3 is 0.767 bits per heavy atom. The SMILES string of the molecule is CCCCCCCCCCCCCCCC(=O)N(C(=O)CCCCCCCCCCCCCCC)C(C(=O)CCCCCCCCCCCCCCC)(C(=O)CCCCCCCCCCCCCCC)C(C)(C)C(C)(C)NCCCCNCCCN. The molecule has 0 radical (unpaired) electrons. The molecule has 8 nitrogen and oxygen atoms in total. The Labute approximate surface area is 538 Å². The second kappa shape index (κ2) is 60.9. The van der Waals surface area contributed by atoms with Crippen LogP contribution in [0, 0.1) is 5.41 Å². The molecule has 0 aliphatic carbocycles. The molecule has 0 aliphatic rings. The number of rotatable bonds is 70. The number of carbonyl (C=O) groups excluding carboxylic acids is 4. The van der Waals surface area contributed by atoms with Crippen molar-refractivity contribution in [2.75, 3.05) is 26.2 Å². The van der Waals surface area contributed by atoms with Gasteiger partial charge in [-0.2, -0.15) is 0 Å². The molecule has 0 unspecified atom stereocenters. The van der Waals surface area contributed by atoms with Crippen molar-refractivity contribution in [3.63, 3.8) is 0 Å². The summed E-state index contributed by atoms with van der Waals surface area (Å²) in [6.07, 6.45) is 66.0. The van der Waals surface area contributed by atoms with Gasteiger partial charge in [0.25, 0.3) is 0 Å². The van der Waals surface area contributed by atoms with Crippen LogP contribution in [0.4, 0.5) is 0 Å². The summed E-state index contributed by atoms with van der Waals surface area (Å²) in [7, 11) is 0. The van der Waals surface area contributed by atoms with Gasteiger partial charge in [-0.15, -0.1) is 0 Å². The van der Waals surface area contributed by atoms with Gasteiger partial charge in [-0.25, -0.2) is 0 Å². The van der Waals surface area contributed by atoms with Crippen LogP contribution < -0.4 is 16.4 Å². The van der Waals surface area contributed by atoms with Gasteiger partial charge in [0.1, 0.15) is 0 Å². The number of Topliss-reactive ketones (excluding diaryl/α,β-unsaturated/α-hetero) is 2. The maximum absolute atomic E-state index is 16.2. The van der Waals surface area contributed by atoms with E-state index in [1.807, 2.05) is 0 Å². The first-order chi connectivity index (χ1) is 41.9. The minimum Gasteiger partial charge on any atom is -0.330 e. The molecule has 510 valence electrons. The van der Waals surface area contributed by atoms with Crippen molar-refractivity contribution in [3.8, 4) is 0 Å². The number of unbranched alkanes of at least 4 members (excludes halogenated alkanes) is 49. The molecule has 0 heterocycles. The number of ketones is 2. The molecule has 0 saturated carbocycles. The van der Waals surface area contributed by atoms with Crippen LogP contribution in [0.1, 0.15) is 434 Å². The number of nitrogens with two attached hydrogens (primary N) is 1.